The van der Waals surface area contributed by atoms with Gasteiger partial charge in [0.05, 0.1) is 10.7 Å². The Morgan fingerprint density at radius 1 is 1.09 bits per heavy atom. The molecule has 0 radical (unpaired) electrons. The average molecular weight is 466 g/mol. The molecule has 170 valence electrons. The highest BCUT2D eigenvalue weighted by Crippen LogP contribution is 2.47. The van der Waals surface area contributed by atoms with E-state index in [1.807, 2.05) is 30.3 Å². The fourth-order valence-corrected chi connectivity index (χ4v) is 4.17. The molecule has 2 atom stereocenters. The molecule has 0 bridgehead atoms. The van der Waals surface area contributed by atoms with Gasteiger partial charge in [0, 0.05) is 11.8 Å². The third-order valence-electron chi connectivity index (χ3n) is 5.63. The zero-order valence-electron chi connectivity index (χ0n) is 18.4. The van der Waals surface area contributed by atoms with Crippen molar-refractivity contribution in [2.45, 2.75) is 38.3 Å². The van der Waals surface area contributed by atoms with Gasteiger partial charge in [-0.1, -0.05) is 68.8 Å². The summed E-state index contributed by atoms with van der Waals surface area (Å²) in [5, 5.41) is 10.1. The minimum Gasteiger partial charge on any atom is -0.478 e. The number of ether oxygens (including phenoxy) is 1. The molecule has 2 aromatic carbocycles. The topological polar surface area (TPSA) is 106 Å². The number of para-hydroxylation sites is 1. The number of nitrogens with zero attached hydrogens (tertiary/aromatic N) is 2. The van der Waals surface area contributed by atoms with Crippen LogP contribution < -0.4 is 15.4 Å². The van der Waals surface area contributed by atoms with Gasteiger partial charge in [-0.15, -0.1) is 0 Å². The third kappa shape index (κ3) is 4.12. The number of hydrogen-bond donors (Lipinski definition) is 2. The highest BCUT2D eigenvalue weighted by atomic mass is 35.5. The van der Waals surface area contributed by atoms with Crippen molar-refractivity contribution >= 4 is 35.0 Å². The van der Waals surface area contributed by atoms with E-state index in [2.05, 4.69) is 25.8 Å². The molecule has 1 aliphatic heterocycles. The van der Waals surface area contributed by atoms with Gasteiger partial charge in [-0.05, 0) is 34.7 Å². The normalized spacial score (nSPS) is 17.8. The monoisotopic (exact) mass is 465 g/mol. The van der Waals surface area contributed by atoms with Gasteiger partial charge < -0.3 is 20.5 Å². The van der Waals surface area contributed by atoms with Crippen molar-refractivity contribution in [1.29, 1.82) is 0 Å². The molecule has 4 rings (SSSR count). The first kappa shape index (κ1) is 22.6. The van der Waals surface area contributed by atoms with Crippen molar-refractivity contribution in [1.82, 2.24) is 4.98 Å². The van der Waals surface area contributed by atoms with Crippen molar-refractivity contribution in [2.24, 2.45) is 5.73 Å². The van der Waals surface area contributed by atoms with Crippen molar-refractivity contribution < 1.29 is 19.4 Å². The van der Waals surface area contributed by atoms with Gasteiger partial charge in [-0.25, -0.2) is 9.78 Å². The molecule has 1 aromatic heterocycles. The lowest BCUT2D eigenvalue weighted by atomic mass is 9.86. The first-order valence-electron chi connectivity index (χ1n) is 10.4. The predicted octanol–water partition coefficient (Wildman–Crippen LogP) is 4.54. The van der Waals surface area contributed by atoms with E-state index in [-0.39, 0.29) is 16.3 Å². The summed E-state index contributed by atoms with van der Waals surface area (Å²) in [5.41, 5.74) is 8.77. The van der Waals surface area contributed by atoms with Crippen LogP contribution in [0.4, 0.5) is 11.5 Å². The number of aromatic nitrogens is 1. The van der Waals surface area contributed by atoms with Gasteiger partial charge >= 0.3 is 5.97 Å². The van der Waals surface area contributed by atoms with E-state index >= 15 is 0 Å². The fourth-order valence-electron chi connectivity index (χ4n) is 3.95. The van der Waals surface area contributed by atoms with Crippen LogP contribution in [0.2, 0.25) is 5.02 Å². The quantitative estimate of drug-likeness (QED) is 0.586. The van der Waals surface area contributed by atoms with Crippen LogP contribution in [0.1, 0.15) is 26.3 Å². The Bertz CT molecular complexity index is 1220. The van der Waals surface area contributed by atoms with E-state index < -0.39 is 24.0 Å². The molecule has 2 unspecified atom stereocenters. The van der Waals surface area contributed by atoms with Crippen LogP contribution in [-0.2, 0) is 15.0 Å². The number of anilines is 2. The van der Waals surface area contributed by atoms with E-state index in [1.54, 1.807) is 24.3 Å². The number of amides is 1. The van der Waals surface area contributed by atoms with Gasteiger partial charge in [0.1, 0.15) is 0 Å². The molecule has 0 fully saturated rings. The number of primary amides is 1. The zero-order valence-corrected chi connectivity index (χ0v) is 19.2. The molecule has 2 heterocycles. The largest absolute Gasteiger partial charge is 0.478 e. The summed E-state index contributed by atoms with van der Waals surface area (Å²) in [6.45, 7) is 6.39. The Kier molecular flexibility index (Phi) is 5.76. The molecule has 1 aliphatic rings. The molecule has 3 N–H and O–H groups in total. The Morgan fingerprint density at radius 2 is 1.79 bits per heavy atom. The minimum absolute atomic E-state index is 0.0131. The number of fused-ring (bicyclic) bond motifs is 1. The number of rotatable bonds is 4. The van der Waals surface area contributed by atoms with Gasteiger partial charge in [-0.3, -0.25) is 4.79 Å². The first-order chi connectivity index (χ1) is 15.6. The lowest BCUT2D eigenvalue weighted by molar-refractivity contribution is -0.148. The lowest BCUT2D eigenvalue weighted by Gasteiger charge is -2.40. The van der Waals surface area contributed by atoms with Crippen LogP contribution in [0.5, 0.6) is 5.75 Å². The Morgan fingerprint density at radius 3 is 2.36 bits per heavy atom. The number of nitrogens with two attached hydrogens (primary N) is 1. The molecule has 8 heteroatoms. The number of halogens is 1. The van der Waals surface area contributed by atoms with E-state index in [0.717, 1.165) is 11.1 Å². The smallest absolute Gasteiger partial charge is 0.347 e. The van der Waals surface area contributed by atoms with E-state index in [9.17, 15) is 14.7 Å². The summed E-state index contributed by atoms with van der Waals surface area (Å²) in [5.74, 6) is -1.65. The second kappa shape index (κ2) is 8.41. The van der Waals surface area contributed by atoms with Crippen LogP contribution in [0.15, 0.2) is 60.8 Å². The maximum Gasteiger partial charge on any atom is 0.347 e. The molecule has 1 amide bonds. The number of aliphatic carboxylic acids is 1. The standard InChI is InChI=1S/C25H24ClN3O4/c1-25(2,3)15-11-9-14(10-12-15)16-6-4-8-18-20(16)33-21(24(31)32)19(22(27)30)29(18)23-17(26)7-5-13-28-23/h4-13,19,21H,1-3H3,(H2,27,30)(H,31,32). The summed E-state index contributed by atoms with van der Waals surface area (Å²) in [6.07, 6.45) is -0.0396. The van der Waals surface area contributed by atoms with Crippen LogP contribution in [0.25, 0.3) is 11.1 Å². The summed E-state index contributed by atoms with van der Waals surface area (Å²) >= 11 is 6.39. The van der Waals surface area contributed by atoms with E-state index in [0.29, 0.717) is 17.0 Å². The SMILES string of the molecule is CC(C)(C)c1ccc(-c2cccc3c2OC(C(=O)O)C(C(N)=O)N3c2ncccc2Cl)cc1. The lowest BCUT2D eigenvalue weighted by Crippen LogP contribution is -2.58. The highest BCUT2D eigenvalue weighted by molar-refractivity contribution is 6.33. The summed E-state index contributed by atoms with van der Waals surface area (Å²) < 4.78 is 5.93. The molecule has 0 saturated carbocycles. The number of pyridine rings is 1. The second-order valence-corrected chi connectivity index (χ2v) is 9.29. The third-order valence-corrected chi connectivity index (χ3v) is 5.92. The van der Waals surface area contributed by atoms with Crippen molar-refractivity contribution in [3.05, 3.63) is 71.4 Å². The molecule has 0 aliphatic carbocycles. The molecular weight excluding hydrogens is 442 g/mol. The van der Waals surface area contributed by atoms with Crippen molar-refractivity contribution in [3.63, 3.8) is 0 Å². The summed E-state index contributed by atoms with van der Waals surface area (Å²) in [6, 6.07) is 15.3. The number of benzene rings is 2. The van der Waals surface area contributed by atoms with E-state index in [1.165, 1.54) is 11.1 Å². The number of carbonyl (C=O) groups is 2. The molecule has 0 spiro atoms. The van der Waals surface area contributed by atoms with Crippen LogP contribution in [0.3, 0.4) is 0 Å². The summed E-state index contributed by atoms with van der Waals surface area (Å²) in [7, 11) is 0. The second-order valence-electron chi connectivity index (χ2n) is 8.88. The minimum atomic E-state index is -1.55. The first-order valence-corrected chi connectivity index (χ1v) is 10.8. The molecule has 3 aromatic rings. The highest BCUT2D eigenvalue weighted by Gasteiger charge is 2.46. The van der Waals surface area contributed by atoms with Crippen LogP contribution in [-0.4, -0.2) is 34.1 Å². The molecule has 7 nitrogen and oxygen atoms in total. The van der Waals surface area contributed by atoms with Gasteiger partial charge in [0.15, 0.2) is 17.6 Å². The van der Waals surface area contributed by atoms with Gasteiger partial charge in [-0.2, -0.15) is 0 Å². The summed E-state index contributed by atoms with van der Waals surface area (Å²) in [4.78, 5) is 30.3. The van der Waals surface area contributed by atoms with Gasteiger partial charge in [0.25, 0.3) is 0 Å². The van der Waals surface area contributed by atoms with Crippen molar-refractivity contribution in [2.75, 3.05) is 4.90 Å². The number of carbonyl (C=O) groups excluding carboxylic acids is 1. The van der Waals surface area contributed by atoms with E-state index in [4.69, 9.17) is 22.1 Å². The van der Waals surface area contributed by atoms with Crippen LogP contribution >= 0.6 is 11.6 Å². The Hall–Kier alpha value is -3.58. The average Bonchev–Trinajstić information content (AvgIpc) is 2.77. The molecule has 0 saturated heterocycles. The fraction of sp³-hybridized carbons (Fsp3) is 0.240. The molecular formula is C25H24ClN3O4. The zero-order chi connectivity index (χ0) is 23.9. The van der Waals surface area contributed by atoms with Crippen LogP contribution in [0, 0.1) is 0 Å². The number of carboxylic acids is 1. The maximum atomic E-state index is 12.4. The number of hydrogen-bond acceptors (Lipinski definition) is 5. The predicted molar refractivity (Wildman–Crippen MR) is 127 cm³/mol. The molecule has 33 heavy (non-hydrogen) atoms. The van der Waals surface area contributed by atoms with Crippen molar-refractivity contribution in [3.8, 4) is 16.9 Å². The number of carboxylic acid groups (broad SMARTS) is 1. The maximum absolute atomic E-state index is 12.4. The Balaban J connectivity index is 1.93. The van der Waals surface area contributed by atoms with Gasteiger partial charge in [0.2, 0.25) is 12.0 Å². The Labute approximate surface area is 196 Å².